The van der Waals surface area contributed by atoms with E-state index in [-0.39, 0.29) is 0 Å². The van der Waals surface area contributed by atoms with Crippen LogP contribution in [0.2, 0.25) is 0 Å². The van der Waals surface area contributed by atoms with E-state index in [2.05, 4.69) is 9.57 Å². The fourth-order valence-electron chi connectivity index (χ4n) is 1.03. The molecule has 0 atom stereocenters. The molecule has 6 heteroatoms. The van der Waals surface area contributed by atoms with E-state index in [0.717, 1.165) is 12.8 Å². The minimum atomic E-state index is -0.795. The zero-order valence-corrected chi connectivity index (χ0v) is 9.41. The summed E-state index contributed by atoms with van der Waals surface area (Å²) >= 11 is 0. The van der Waals surface area contributed by atoms with Crippen molar-refractivity contribution < 1.29 is 19.2 Å². The lowest BCUT2D eigenvalue weighted by molar-refractivity contribution is 0.0481. The van der Waals surface area contributed by atoms with E-state index in [9.17, 15) is 9.59 Å². The molecule has 6 nitrogen and oxygen atoms in total. The number of carbonyl (C=O) groups excluding carboxylic acids is 2. The summed E-state index contributed by atoms with van der Waals surface area (Å²) in [5.74, 6) is 0. The summed E-state index contributed by atoms with van der Waals surface area (Å²) in [5.41, 5.74) is 1.88. The zero-order chi connectivity index (χ0) is 11.7. The van der Waals surface area contributed by atoms with Crippen molar-refractivity contribution in [3.05, 3.63) is 0 Å². The fourth-order valence-corrected chi connectivity index (χ4v) is 1.03. The SMILES string of the molecule is CCCN(CCC)C(=O)ONC(=O)OC. The third-order valence-electron chi connectivity index (χ3n) is 1.65. The third kappa shape index (κ3) is 5.77. The molecule has 15 heavy (non-hydrogen) atoms. The van der Waals surface area contributed by atoms with Gasteiger partial charge in [-0.25, -0.2) is 9.59 Å². The highest BCUT2D eigenvalue weighted by Crippen LogP contribution is 1.97. The van der Waals surface area contributed by atoms with Crippen LogP contribution in [0, 0.1) is 0 Å². The summed E-state index contributed by atoms with van der Waals surface area (Å²) in [6.45, 7) is 5.14. The van der Waals surface area contributed by atoms with Crippen molar-refractivity contribution in [1.29, 1.82) is 0 Å². The highest BCUT2D eigenvalue weighted by Gasteiger charge is 2.14. The first-order valence-corrected chi connectivity index (χ1v) is 4.95. The molecule has 0 unspecified atom stereocenters. The molecule has 88 valence electrons. The number of hydroxylamine groups is 1. The van der Waals surface area contributed by atoms with Crippen molar-refractivity contribution >= 4 is 12.2 Å². The van der Waals surface area contributed by atoms with Crippen LogP contribution in [0.4, 0.5) is 9.59 Å². The van der Waals surface area contributed by atoms with Gasteiger partial charge < -0.3 is 14.5 Å². The first-order chi connectivity index (χ1) is 7.15. The van der Waals surface area contributed by atoms with Crippen LogP contribution in [0.3, 0.4) is 0 Å². The normalized spacial score (nSPS) is 9.27. The van der Waals surface area contributed by atoms with E-state index in [1.54, 1.807) is 0 Å². The van der Waals surface area contributed by atoms with Gasteiger partial charge in [-0.1, -0.05) is 13.8 Å². The van der Waals surface area contributed by atoms with Crippen molar-refractivity contribution in [3.8, 4) is 0 Å². The number of rotatable bonds is 4. The minimum Gasteiger partial charge on any atom is -0.451 e. The molecule has 0 saturated heterocycles. The van der Waals surface area contributed by atoms with Crippen molar-refractivity contribution in [2.45, 2.75) is 26.7 Å². The van der Waals surface area contributed by atoms with E-state index < -0.39 is 12.2 Å². The Kier molecular flexibility index (Phi) is 7.13. The van der Waals surface area contributed by atoms with E-state index >= 15 is 0 Å². The second-order valence-electron chi connectivity index (χ2n) is 2.95. The monoisotopic (exact) mass is 218 g/mol. The van der Waals surface area contributed by atoms with Gasteiger partial charge in [0.1, 0.15) is 0 Å². The maximum atomic E-state index is 11.4. The molecule has 0 aliphatic rings. The molecule has 0 bridgehead atoms. The van der Waals surface area contributed by atoms with Crippen LogP contribution >= 0.6 is 0 Å². The molecule has 0 heterocycles. The summed E-state index contributed by atoms with van der Waals surface area (Å²) in [6, 6.07) is 0. The molecule has 0 aromatic carbocycles. The maximum Gasteiger partial charge on any atom is 0.440 e. The Hall–Kier alpha value is -1.46. The fraction of sp³-hybridized carbons (Fsp3) is 0.778. The lowest BCUT2D eigenvalue weighted by atomic mass is 10.4. The Labute approximate surface area is 89.5 Å². The molecule has 0 aromatic rings. The van der Waals surface area contributed by atoms with E-state index in [4.69, 9.17) is 0 Å². The molecule has 0 spiro atoms. The Morgan fingerprint density at radius 2 is 1.73 bits per heavy atom. The summed E-state index contributed by atoms with van der Waals surface area (Å²) in [5, 5.41) is 0. The Morgan fingerprint density at radius 1 is 1.20 bits per heavy atom. The molecule has 0 aromatic heterocycles. The summed E-state index contributed by atoms with van der Waals surface area (Å²) in [7, 11) is 1.19. The number of nitrogens with zero attached hydrogens (tertiary/aromatic N) is 1. The van der Waals surface area contributed by atoms with Crippen molar-refractivity contribution in [2.24, 2.45) is 0 Å². The molecule has 0 aliphatic carbocycles. The molecule has 0 radical (unpaired) electrons. The predicted molar refractivity (Wildman–Crippen MR) is 54.2 cm³/mol. The highest BCUT2D eigenvalue weighted by molar-refractivity contribution is 5.71. The molecule has 2 amide bonds. The van der Waals surface area contributed by atoms with Gasteiger partial charge in [-0.15, -0.1) is 5.48 Å². The number of amides is 2. The molecule has 1 N–H and O–H groups in total. The van der Waals surface area contributed by atoms with Gasteiger partial charge in [-0.3, -0.25) is 0 Å². The van der Waals surface area contributed by atoms with E-state index in [0.29, 0.717) is 13.1 Å². The number of methoxy groups -OCH3 is 1. The molecule has 0 fully saturated rings. The van der Waals surface area contributed by atoms with Gasteiger partial charge in [-0.05, 0) is 12.8 Å². The predicted octanol–water partition coefficient (Wildman–Crippen LogP) is 1.52. The van der Waals surface area contributed by atoms with Gasteiger partial charge in [0.25, 0.3) is 0 Å². The summed E-state index contributed by atoms with van der Waals surface area (Å²) in [6.07, 6.45) is 0.320. The molecule has 0 aliphatic heterocycles. The number of hydrogen-bond acceptors (Lipinski definition) is 4. The first kappa shape index (κ1) is 13.5. The molecule has 0 rings (SSSR count). The van der Waals surface area contributed by atoms with Crippen LogP contribution in [0.5, 0.6) is 0 Å². The lowest BCUT2D eigenvalue weighted by Gasteiger charge is -2.19. The topological polar surface area (TPSA) is 67.9 Å². The number of hydrogen-bond donors (Lipinski definition) is 1. The second-order valence-corrected chi connectivity index (χ2v) is 2.95. The largest absolute Gasteiger partial charge is 0.451 e. The Morgan fingerprint density at radius 3 is 2.13 bits per heavy atom. The molecular weight excluding hydrogens is 200 g/mol. The molecule has 0 saturated carbocycles. The summed E-state index contributed by atoms with van der Waals surface area (Å²) < 4.78 is 4.25. The Balaban J connectivity index is 3.96. The van der Waals surface area contributed by atoms with Crippen LogP contribution in [0.15, 0.2) is 0 Å². The zero-order valence-electron chi connectivity index (χ0n) is 9.41. The average Bonchev–Trinajstić information content (AvgIpc) is 2.25. The van der Waals surface area contributed by atoms with E-state index in [1.165, 1.54) is 12.0 Å². The highest BCUT2D eigenvalue weighted by atomic mass is 16.7. The van der Waals surface area contributed by atoms with Crippen molar-refractivity contribution in [1.82, 2.24) is 10.4 Å². The standard InChI is InChI=1S/C9H18N2O4/c1-4-6-11(7-5-2)9(13)15-10-8(12)14-3/h4-7H2,1-3H3,(H,10,12). The smallest absolute Gasteiger partial charge is 0.440 e. The summed E-state index contributed by atoms with van der Waals surface area (Å²) in [4.78, 5) is 28.1. The minimum absolute atomic E-state index is 0.566. The van der Waals surface area contributed by atoms with Gasteiger partial charge >= 0.3 is 12.2 Å². The second kappa shape index (κ2) is 7.90. The Bertz CT molecular complexity index is 202. The van der Waals surface area contributed by atoms with Crippen molar-refractivity contribution in [3.63, 3.8) is 0 Å². The molecular formula is C9H18N2O4. The first-order valence-electron chi connectivity index (χ1n) is 4.95. The number of carbonyl (C=O) groups is 2. The quantitative estimate of drug-likeness (QED) is 0.726. The lowest BCUT2D eigenvalue weighted by Crippen LogP contribution is -2.38. The van der Waals surface area contributed by atoms with Gasteiger partial charge in [0.2, 0.25) is 0 Å². The van der Waals surface area contributed by atoms with Crippen molar-refractivity contribution in [2.75, 3.05) is 20.2 Å². The van der Waals surface area contributed by atoms with Crippen LogP contribution in [0.25, 0.3) is 0 Å². The maximum absolute atomic E-state index is 11.4. The van der Waals surface area contributed by atoms with Gasteiger partial charge in [-0.2, -0.15) is 0 Å². The van der Waals surface area contributed by atoms with E-state index in [1.807, 2.05) is 19.3 Å². The van der Waals surface area contributed by atoms with Gasteiger partial charge in [0, 0.05) is 13.1 Å². The van der Waals surface area contributed by atoms with Crippen LogP contribution in [0.1, 0.15) is 26.7 Å². The average molecular weight is 218 g/mol. The van der Waals surface area contributed by atoms with Crippen LogP contribution in [-0.4, -0.2) is 37.3 Å². The number of nitrogens with one attached hydrogen (secondary N) is 1. The van der Waals surface area contributed by atoms with Crippen LogP contribution < -0.4 is 5.48 Å². The van der Waals surface area contributed by atoms with Gasteiger partial charge in [0.15, 0.2) is 0 Å². The van der Waals surface area contributed by atoms with Crippen LogP contribution in [-0.2, 0) is 9.57 Å². The number of ether oxygens (including phenoxy) is 1. The van der Waals surface area contributed by atoms with Gasteiger partial charge in [0.05, 0.1) is 7.11 Å². The third-order valence-corrected chi connectivity index (χ3v) is 1.65.